The van der Waals surface area contributed by atoms with E-state index < -0.39 is 23.2 Å². The first-order chi connectivity index (χ1) is 13.3. The number of phenols is 1. The molecule has 1 aromatic carbocycles. The van der Waals surface area contributed by atoms with Crippen molar-refractivity contribution >= 4 is 11.7 Å². The minimum Gasteiger partial charge on any atom is -0.508 e. The molecule has 4 aliphatic rings. The average Bonchev–Trinajstić information content (AvgIpc) is 2.92. The summed E-state index contributed by atoms with van der Waals surface area (Å²) in [5.74, 6) is -0.240. The number of phenolic OH excluding ortho intramolecular Hbond substituents is 1. The lowest BCUT2D eigenvalue weighted by Gasteiger charge is -2.66. The fourth-order valence-electron chi connectivity index (χ4n) is 6.56. The van der Waals surface area contributed by atoms with Gasteiger partial charge in [-0.15, -0.1) is 0 Å². The SMILES string of the molecule is O=C1CC(=O)[C@@]2(CC[C@@]3(O)[C@H]4Cc5ccc(O)cc5[C@@]3(CCN4CCF)C2)N1. The highest BCUT2D eigenvalue weighted by Crippen LogP contribution is 2.61. The van der Waals surface area contributed by atoms with E-state index >= 15 is 0 Å². The third kappa shape index (κ3) is 2.14. The highest BCUT2D eigenvalue weighted by Gasteiger charge is 2.69. The van der Waals surface area contributed by atoms with Crippen molar-refractivity contribution in [2.45, 2.75) is 61.1 Å². The smallest absolute Gasteiger partial charge is 0.228 e. The number of halogens is 1. The topological polar surface area (TPSA) is 89.9 Å². The van der Waals surface area contributed by atoms with Crippen LogP contribution >= 0.6 is 0 Å². The molecular weight excluding hydrogens is 363 g/mol. The van der Waals surface area contributed by atoms with Crippen LogP contribution in [0.5, 0.6) is 5.75 Å². The van der Waals surface area contributed by atoms with Crippen LogP contribution in [0.15, 0.2) is 18.2 Å². The van der Waals surface area contributed by atoms with E-state index in [1.54, 1.807) is 12.1 Å². The number of alkyl halides is 1. The molecule has 150 valence electrons. The van der Waals surface area contributed by atoms with Crippen LogP contribution in [0, 0.1) is 0 Å². The van der Waals surface area contributed by atoms with E-state index in [0.717, 1.165) is 11.1 Å². The highest BCUT2D eigenvalue weighted by atomic mass is 19.1. The fraction of sp³-hybridized carbons (Fsp3) is 0.619. The molecule has 3 fully saturated rings. The minimum absolute atomic E-state index is 0.107. The standard InChI is InChI=1S/C21H25FN2O4/c22-6-8-24-7-5-19-12-20(17(26)11-18(27)23-20)3-4-21(19,28)16(24)9-13-1-2-14(25)10-15(13)19/h1-2,10,16,25,28H,3-9,11-12H2,(H,23,27)/t16-,19-,20+,21-/m1/s1. The average molecular weight is 388 g/mol. The number of aromatic hydroxyl groups is 1. The summed E-state index contributed by atoms with van der Waals surface area (Å²) in [6.45, 7) is 0.419. The maximum absolute atomic E-state index is 13.2. The Labute approximate surface area is 162 Å². The van der Waals surface area contributed by atoms with E-state index in [2.05, 4.69) is 5.32 Å². The van der Waals surface area contributed by atoms with E-state index in [4.69, 9.17) is 0 Å². The number of Topliss-reactive ketones (excluding diaryl/α,β-unsaturated/α-hetero) is 1. The number of hydrogen-bond acceptors (Lipinski definition) is 5. The van der Waals surface area contributed by atoms with Crippen molar-refractivity contribution in [2.75, 3.05) is 19.8 Å². The second-order valence-electron chi connectivity index (χ2n) is 8.95. The number of likely N-dealkylation sites (tertiary alicyclic amines) is 1. The van der Waals surface area contributed by atoms with Crippen molar-refractivity contribution < 1.29 is 24.2 Å². The molecule has 0 aromatic heterocycles. The molecule has 0 unspecified atom stereocenters. The quantitative estimate of drug-likeness (QED) is 0.657. The Kier molecular flexibility index (Phi) is 3.72. The molecule has 6 nitrogen and oxygen atoms in total. The lowest BCUT2D eigenvalue weighted by Crippen LogP contribution is -2.76. The fourth-order valence-corrected chi connectivity index (χ4v) is 6.56. The van der Waals surface area contributed by atoms with Crippen molar-refractivity contribution in [2.24, 2.45) is 0 Å². The van der Waals surface area contributed by atoms with E-state index in [1.807, 2.05) is 11.0 Å². The second kappa shape index (κ2) is 5.76. The molecule has 2 saturated heterocycles. The summed E-state index contributed by atoms with van der Waals surface area (Å²) in [6, 6.07) is 4.98. The molecule has 2 bridgehead atoms. The van der Waals surface area contributed by atoms with E-state index in [9.17, 15) is 24.2 Å². The molecule has 3 N–H and O–H groups in total. The number of benzene rings is 1. The van der Waals surface area contributed by atoms with Gasteiger partial charge < -0.3 is 15.5 Å². The van der Waals surface area contributed by atoms with Gasteiger partial charge in [-0.1, -0.05) is 6.07 Å². The normalized spacial score (nSPS) is 39.6. The maximum Gasteiger partial charge on any atom is 0.228 e. The number of rotatable bonds is 2. The van der Waals surface area contributed by atoms with Crippen molar-refractivity contribution in [3.05, 3.63) is 29.3 Å². The minimum atomic E-state index is -1.12. The predicted octanol–water partition coefficient (Wildman–Crippen LogP) is 0.973. The number of amides is 1. The van der Waals surface area contributed by atoms with Crippen LogP contribution in [0.2, 0.25) is 0 Å². The molecule has 1 spiro atoms. The first-order valence-corrected chi connectivity index (χ1v) is 10.0. The zero-order chi connectivity index (χ0) is 19.7. The zero-order valence-corrected chi connectivity index (χ0v) is 15.7. The van der Waals surface area contributed by atoms with Crippen LogP contribution < -0.4 is 5.32 Å². The Balaban J connectivity index is 1.68. The Morgan fingerprint density at radius 2 is 2.07 bits per heavy atom. The van der Waals surface area contributed by atoms with Gasteiger partial charge in [0.25, 0.3) is 0 Å². The molecule has 2 aliphatic carbocycles. The third-order valence-electron chi connectivity index (χ3n) is 7.81. The van der Waals surface area contributed by atoms with Crippen LogP contribution in [0.3, 0.4) is 0 Å². The van der Waals surface area contributed by atoms with Crippen molar-refractivity contribution in [1.82, 2.24) is 10.2 Å². The summed E-state index contributed by atoms with van der Waals surface area (Å²) >= 11 is 0. The number of nitrogens with zero attached hydrogens (tertiary/aromatic N) is 1. The highest BCUT2D eigenvalue weighted by molar-refractivity contribution is 6.10. The molecule has 1 saturated carbocycles. The van der Waals surface area contributed by atoms with Crippen LogP contribution in [-0.4, -0.2) is 63.7 Å². The number of nitrogens with one attached hydrogen (secondary N) is 1. The lowest BCUT2D eigenvalue weighted by atomic mass is 9.46. The molecule has 1 amide bonds. The van der Waals surface area contributed by atoms with Crippen LogP contribution in [0.1, 0.15) is 43.2 Å². The summed E-state index contributed by atoms with van der Waals surface area (Å²) in [4.78, 5) is 26.8. The van der Waals surface area contributed by atoms with Crippen LogP contribution in [0.4, 0.5) is 4.39 Å². The van der Waals surface area contributed by atoms with Crippen molar-refractivity contribution in [3.8, 4) is 5.75 Å². The summed E-state index contributed by atoms with van der Waals surface area (Å²) in [6.07, 6.45) is 2.12. The molecule has 2 heterocycles. The van der Waals surface area contributed by atoms with Gasteiger partial charge in [-0.2, -0.15) is 0 Å². The third-order valence-corrected chi connectivity index (χ3v) is 7.81. The van der Waals surface area contributed by atoms with Crippen LogP contribution in [-0.2, 0) is 21.4 Å². The number of ketones is 1. The van der Waals surface area contributed by atoms with Gasteiger partial charge in [-0.3, -0.25) is 14.5 Å². The molecule has 28 heavy (non-hydrogen) atoms. The molecule has 0 radical (unpaired) electrons. The number of fused-ring (bicyclic) bond motifs is 1. The second-order valence-corrected chi connectivity index (χ2v) is 8.95. The number of piperidine rings is 1. The van der Waals surface area contributed by atoms with E-state index in [1.165, 1.54) is 0 Å². The lowest BCUT2D eigenvalue weighted by molar-refractivity contribution is -0.180. The van der Waals surface area contributed by atoms with Crippen molar-refractivity contribution in [3.63, 3.8) is 0 Å². The van der Waals surface area contributed by atoms with Gasteiger partial charge in [-0.05, 0) is 61.9 Å². The summed E-state index contributed by atoms with van der Waals surface area (Å²) < 4.78 is 13.2. The summed E-state index contributed by atoms with van der Waals surface area (Å²) in [7, 11) is 0. The Bertz CT molecular complexity index is 876. The Hall–Kier alpha value is -1.99. The number of hydrogen-bond donors (Lipinski definition) is 3. The van der Waals surface area contributed by atoms with Gasteiger partial charge in [0.1, 0.15) is 18.0 Å². The van der Waals surface area contributed by atoms with Gasteiger partial charge in [0.2, 0.25) is 5.91 Å². The van der Waals surface area contributed by atoms with Gasteiger partial charge in [-0.25, -0.2) is 4.39 Å². The molecule has 1 aromatic rings. The monoisotopic (exact) mass is 388 g/mol. The number of carbonyl (C=O) groups is 2. The Morgan fingerprint density at radius 3 is 2.79 bits per heavy atom. The van der Waals surface area contributed by atoms with Crippen molar-refractivity contribution in [1.29, 1.82) is 0 Å². The molecular formula is C21H25FN2O4. The molecule has 2 aliphatic heterocycles. The number of carbonyl (C=O) groups excluding carboxylic acids is 2. The summed E-state index contributed by atoms with van der Waals surface area (Å²) in [5.41, 5.74) is -0.928. The van der Waals surface area contributed by atoms with Gasteiger partial charge in [0.05, 0.1) is 12.0 Å². The van der Waals surface area contributed by atoms with Gasteiger partial charge in [0, 0.05) is 18.0 Å². The Morgan fingerprint density at radius 1 is 1.25 bits per heavy atom. The first kappa shape index (κ1) is 18.1. The molecule has 4 atom stereocenters. The first-order valence-electron chi connectivity index (χ1n) is 10.0. The zero-order valence-electron chi connectivity index (χ0n) is 15.7. The van der Waals surface area contributed by atoms with Gasteiger partial charge in [0.15, 0.2) is 5.78 Å². The maximum atomic E-state index is 13.2. The number of aliphatic hydroxyl groups is 1. The van der Waals surface area contributed by atoms with Gasteiger partial charge >= 0.3 is 0 Å². The summed E-state index contributed by atoms with van der Waals surface area (Å²) in [5, 5.41) is 25.1. The molecule has 7 heteroatoms. The van der Waals surface area contributed by atoms with E-state index in [0.29, 0.717) is 38.6 Å². The largest absolute Gasteiger partial charge is 0.508 e. The predicted molar refractivity (Wildman–Crippen MR) is 98.7 cm³/mol. The van der Waals surface area contributed by atoms with E-state index in [-0.39, 0.29) is 36.4 Å². The van der Waals surface area contributed by atoms with Crippen LogP contribution in [0.25, 0.3) is 0 Å². The molecule has 5 rings (SSSR count).